The Labute approximate surface area is 204 Å². The van der Waals surface area contributed by atoms with Crippen molar-refractivity contribution in [3.8, 4) is 5.75 Å². The van der Waals surface area contributed by atoms with Gasteiger partial charge in [-0.05, 0) is 62.2 Å². The van der Waals surface area contributed by atoms with Crippen molar-refractivity contribution in [3.63, 3.8) is 0 Å². The lowest BCUT2D eigenvalue weighted by molar-refractivity contribution is -0.139. The molecule has 2 amide bonds. The molecule has 2 aromatic rings. The highest BCUT2D eigenvalue weighted by Crippen LogP contribution is 2.25. The van der Waals surface area contributed by atoms with E-state index in [-0.39, 0.29) is 12.5 Å². The molecule has 0 saturated heterocycles. The standard InChI is InChI=1S/C23H30BrN3O5S/c1-6-25-23(29)17(3)26(14-18-7-10-20(32-4)11-8-18)22(28)15-27(33(5,30)31)19-9-12-21(24)16(2)13-19/h7-13,17H,6,14-15H2,1-5H3,(H,25,29)/t17-/m0/s1. The van der Waals surface area contributed by atoms with Gasteiger partial charge in [-0.2, -0.15) is 0 Å². The normalized spacial score (nSPS) is 12.1. The Kier molecular flexibility index (Phi) is 9.30. The summed E-state index contributed by atoms with van der Waals surface area (Å²) in [5.41, 5.74) is 1.99. The van der Waals surface area contributed by atoms with Gasteiger partial charge in [-0.25, -0.2) is 8.42 Å². The number of rotatable bonds is 10. The second-order valence-corrected chi connectivity index (χ2v) is 10.4. The lowest BCUT2D eigenvalue weighted by Gasteiger charge is -2.31. The summed E-state index contributed by atoms with van der Waals surface area (Å²) >= 11 is 3.40. The highest BCUT2D eigenvalue weighted by molar-refractivity contribution is 9.10. The van der Waals surface area contributed by atoms with Crippen LogP contribution in [0, 0.1) is 6.92 Å². The summed E-state index contributed by atoms with van der Waals surface area (Å²) in [7, 11) is -2.20. The number of halogens is 1. The molecule has 0 radical (unpaired) electrons. The zero-order valence-corrected chi connectivity index (χ0v) is 21.9. The van der Waals surface area contributed by atoms with Crippen LogP contribution < -0.4 is 14.4 Å². The van der Waals surface area contributed by atoms with E-state index in [0.29, 0.717) is 18.0 Å². The van der Waals surface area contributed by atoms with E-state index in [0.717, 1.165) is 26.2 Å². The van der Waals surface area contributed by atoms with Gasteiger partial charge in [0.05, 0.1) is 19.1 Å². The molecule has 1 N–H and O–H groups in total. The molecule has 0 bridgehead atoms. The van der Waals surface area contributed by atoms with Crippen molar-refractivity contribution in [2.45, 2.75) is 33.4 Å². The minimum absolute atomic E-state index is 0.137. The van der Waals surface area contributed by atoms with Crippen molar-refractivity contribution < 1.29 is 22.7 Å². The van der Waals surface area contributed by atoms with Gasteiger partial charge in [0.15, 0.2) is 0 Å². The van der Waals surface area contributed by atoms with Crippen LogP contribution in [0.2, 0.25) is 0 Å². The van der Waals surface area contributed by atoms with Gasteiger partial charge in [-0.1, -0.05) is 28.1 Å². The molecule has 1 atom stereocenters. The molecule has 0 aromatic heterocycles. The molecule has 2 aromatic carbocycles. The van der Waals surface area contributed by atoms with E-state index in [1.54, 1.807) is 63.4 Å². The third-order valence-corrected chi connectivity index (χ3v) is 7.17. The Bertz CT molecular complexity index is 1090. The maximum atomic E-state index is 13.4. The summed E-state index contributed by atoms with van der Waals surface area (Å²) < 4.78 is 32.2. The number of nitrogens with zero attached hydrogens (tertiary/aromatic N) is 2. The maximum absolute atomic E-state index is 13.4. The summed E-state index contributed by atoms with van der Waals surface area (Å²) in [6.07, 6.45) is 1.05. The van der Waals surface area contributed by atoms with Crippen LogP contribution in [0.4, 0.5) is 5.69 Å². The molecule has 0 aliphatic carbocycles. The SMILES string of the molecule is CCNC(=O)[C@H](C)N(Cc1ccc(OC)cc1)C(=O)CN(c1ccc(Br)c(C)c1)S(C)(=O)=O. The zero-order chi connectivity index (χ0) is 24.8. The highest BCUT2D eigenvalue weighted by atomic mass is 79.9. The molecular weight excluding hydrogens is 510 g/mol. The molecule has 0 spiro atoms. The van der Waals surface area contributed by atoms with Crippen molar-refractivity contribution in [3.05, 3.63) is 58.1 Å². The summed E-state index contributed by atoms with van der Waals surface area (Å²) in [6.45, 7) is 5.38. The molecule has 33 heavy (non-hydrogen) atoms. The Morgan fingerprint density at radius 1 is 1.15 bits per heavy atom. The first-order valence-corrected chi connectivity index (χ1v) is 13.1. The van der Waals surface area contributed by atoms with Crippen LogP contribution in [0.25, 0.3) is 0 Å². The predicted molar refractivity (Wildman–Crippen MR) is 133 cm³/mol. The van der Waals surface area contributed by atoms with E-state index in [9.17, 15) is 18.0 Å². The minimum Gasteiger partial charge on any atom is -0.497 e. The van der Waals surface area contributed by atoms with E-state index < -0.39 is 28.5 Å². The number of carbonyl (C=O) groups is 2. The third-order valence-electron chi connectivity index (χ3n) is 5.14. The first-order valence-electron chi connectivity index (χ1n) is 10.4. The maximum Gasteiger partial charge on any atom is 0.244 e. The zero-order valence-electron chi connectivity index (χ0n) is 19.5. The lowest BCUT2D eigenvalue weighted by Crippen LogP contribution is -2.51. The number of likely N-dealkylation sites (N-methyl/N-ethyl adjacent to an activating group) is 1. The number of sulfonamides is 1. The van der Waals surface area contributed by atoms with Crippen LogP contribution in [-0.2, 0) is 26.2 Å². The molecule has 0 aliphatic rings. The monoisotopic (exact) mass is 539 g/mol. The van der Waals surface area contributed by atoms with Gasteiger partial charge in [0.2, 0.25) is 21.8 Å². The topological polar surface area (TPSA) is 96.0 Å². The van der Waals surface area contributed by atoms with Crippen LogP contribution in [0.5, 0.6) is 5.75 Å². The summed E-state index contributed by atoms with van der Waals surface area (Å²) in [5, 5.41) is 2.72. The van der Waals surface area contributed by atoms with E-state index in [4.69, 9.17) is 4.74 Å². The molecule has 180 valence electrons. The second-order valence-electron chi connectivity index (χ2n) is 7.64. The highest BCUT2D eigenvalue weighted by Gasteiger charge is 2.30. The third kappa shape index (κ3) is 7.20. The number of nitrogens with one attached hydrogen (secondary N) is 1. The van der Waals surface area contributed by atoms with Crippen LogP contribution in [-0.4, -0.2) is 57.6 Å². The lowest BCUT2D eigenvalue weighted by atomic mass is 10.1. The van der Waals surface area contributed by atoms with Crippen molar-refractivity contribution in [1.82, 2.24) is 10.2 Å². The number of methoxy groups -OCH3 is 1. The Hall–Kier alpha value is -2.59. The molecule has 0 heterocycles. The number of hydrogen-bond donors (Lipinski definition) is 1. The summed E-state index contributed by atoms with van der Waals surface area (Å²) in [5.74, 6) is -0.136. The fourth-order valence-electron chi connectivity index (χ4n) is 3.23. The number of carbonyl (C=O) groups excluding carboxylic acids is 2. The van der Waals surface area contributed by atoms with E-state index in [2.05, 4.69) is 21.2 Å². The molecule has 0 fully saturated rings. The van der Waals surface area contributed by atoms with E-state index in [1.165, 1.54) is 4.90 Å². The van der Waals surface area contributed by atoms with Crippen LogP contribution in [0.15, 0.2) is 46.9 Å². The number of hydrogen-bond acceptors (Lipinski definition) is 5. The van der Waals surface area contributed by atoms with Gasteiger partial charge in [0.1, 0.15) is 18.3 Å². The molecule has 0 unspecified atom stereocenters. The van der Waals surface area contributed by atoms with Crippen molar-refractivity contribution in [1.29, 1.82) is 0 Å². The van der Waals surface area contributed by atoms with Crippen LogP contribution in [0.3, 0.4) is 0 Å². The smallest absolute Gasteiger partial charge is 0.244 e. The molecule has 2 rings (SSSR count). The van der Waals surface area contributed by atoms with Gasteiger partial charge in [0, 0.05) is 17.6 Å². The number of benzene rings is 2. The molecule has 0 aliphatic heterocycles. The Morgan fingerprint density at radius 3 is 2.30 bits per heavy atom. The average molecular weight is 540 g/mol. The van der Waals surface area contributed by atoms with Gasteiger partial charge in [-0.15, -0.1) is 0 Å². The number of aryl methyl sites for hydroxylation is 1. The Balaban J connectivity index is 2.39. The van der Waals surface area contributed by atoms with Gasteiger partial charge in [-0.3, -0.25) is 13.9 Å². The van der Waals surface area contributed by atoms with E-state index in [1.807, 2.05) is 6.92 Å². The number of ether oxygens (including phenoxy) is 1. The fraction of sp³-hybridized carbons (Fsp3) is 0.391. The molecule has 8 nitrogen and oxygen atoms in total. The minimum atomic E-state index is -3.76. The largest absolute Gasteiger partial charge is 0.497 e. The Morgan fingerprint density at radius 2 is 1.79 bits per heavy atom. The van der Waals surface area contributed by atoms with Crippen LogP contribution in [0.1, 0.15) is 25.0 Å². The fourth-order valence-corrected chi connectivity index (χ4v) is 4.32. The molecule has 10 heteroatoms. The first kappa shape index (κ1) is 26.7. The first-order chi connectivity index (χ1) is 15.5. The summed E-state index contributed by atoms with van der Waals surface area (Å²) in [4.78, 5) is 27.3. The van der Waals surface area contributed by atoms with Gasteiger partial charge in [0.25, 0.3) is 0 Å². The number of amides is 2. The number of anilines is 1. The predicted octanol–water partition coefficient (Wildman–Crippen LogP) is 3.09. The van der Waals surface area contributed by atoms with Crippen LogP contribution >= 0.6 is 15.9 Å². The van der Waals surface area contributed by atoms with Crippen molar-refractivity contribution in [2.75, 3.05) is 30.8 Å². The van der Waals surface area contributed by atoms with Gasteiger partial charge < -0.3 is 15.0 Å². The molecule has 0 saturated carbocycles. The quantitative estimate of drug-likeness (QED) is 0.500. The summed E-state index contributed by atoms with van der Waals surface area (Å²) in [6, 6.07) is 11.4. The second kappa shape index (κ2) is 11.5. The average Bonchev–Trinajstić information content (AvgIpc) is 2.77. The van der Waals surface area contributed by atoms with Gasteiger partial charge >= 0.3 is 0 Å². The van der Waals surface area contributed by atoms with E-state index >= 15 is 0 Å². The van der Waals surface area contributed by atoms with Crippen molar-refractivity contribution in [2.24, 2.45) is 0 Å². The van der Waals surface area contributed by atoms with Crippen molar-refractivity contribution >= 4 is 43.5 Å². The molecular formula is C23H30BrN3O5S.